The number of carbonyl (C=O) groups is 1. The van der Waals surface area contributed by atoms with Crippen molar-refractivity contribution in [1.82, 2.24) is 0 Å². The molecule has 0 rings (SSSR count). The Hall–Kier alpha value is -0.600. The number of halogens is 1. The highest BCUT2D eigenvalue weighted by Crippen LogP contribution is 2.27. The maximum Gasteiger partial charge on any atom is 0.303 e. The first-order valence-electron chi connectivity index (χ1n) is 4.76. The molecular weight excluding hydrogens is 170 g/mol. The van der Waals surface area contributed by atoms with Gasteiger partial charge in [-0.25, -0.2) is 0 Å². The second-order valence-electron chi connectivity index (χ2n) is 4.23. The van der Waals surface area contributed by atoms with Gasteiger partial charge in [-0.1, -0.05) is 26.7 Å². The van der Waals surface area contributed by atoms with Gasteiger partial charge in [-0.2, -0.15) is 0 Å². The average Bonchev–Trinajstić information content (AvgIpc) is 1.95. The largest absolute Gasteiger partial charge is 0.481 e. The van der Waals surface area contributed by atoms with Crippen LogP contribution in [0.25, 0.3) is 0 Å². The van der Waals surface area contributed by atoms with Crippen LogP contribution in [0.1, 0.15) is 46.0 Å². The van der Waals surface area contributed by atoms with Crippen LogP contribution in [0.3, 0.4) is 0 Å². The van der Waals surface area contributed by atoms with Crippen molar-refractivity contribution in [3.63, 3.8) is 0 Å². The van der Waals surface area contributed by atoms with E-state index in [2.05, 4.69) is 0 Å². The van der Waals surface area contributed by atoms with Crippen molar-refractivity contribution in [2.24, 2.45) is 5.41 Å². The molecule has 0 amide bonds. The minimum atomic E-state index is -0.754. The predicted octanol–water partition coefficient (Wildman–Crippen LogP) is 3.02. The molecule has 0 aromatic carbocycles. The number of aliphatic carboxylic acids is 1. The highest BCUT2D eigenvalue weighted by atomic mass is 18.2. The van der Waals surface area contributed by atoms with Gasteiger partial charge in [0.15, 0.2) is 0 Å². The molecule has 0 saturated carbocycles. The van der Waals surface area contributed by atoms with E-state index in [1.807, 2.05) is 13.8 Å². The maximum absolute atomic E-state index is 11.7. The first-order valence-corrected chi connectivity index (χ1v) is 4.76. The first-order chi connectivity index (χ1) is 5.98. The topological polar surface area (TPSA) is 37.3 Å². The molecule has 2 nitrogen and oxygen atoms in total. The van der Waals surface area contributed by atoms with E-state index in [9.17, 15) is 9.18 Å². The van der Waals surface area contributed by atoms with Gasteiger partial charge in [0.1, 0.15) is 0 Å². The van der Waals surface area contributed by atoms with Crippen LogP contribution in [0.2, 0.25) is 0 Å². The molecule has 3 heteroatoms. The van der Waals surface area contributed by atoms with Crippen LogP contribution in [0.15, 0.2) is 0 Å². The fraction of sp³-hybridized carbons (Fsp3) is 0.900. The van der Waals surface area contributed by atoms with E-state index in [1.54, 1.807) is 0 Å². The normalized spacial score (nSPS) is 11.6. The van der Waals surface area contributed by atoms with Crippen molar-refractivity contribution in [3.8, 4) is 0 Å². The highest BCUT2D eigenvalue weighted by molar-refractivity contribution is 5.67. The second kappa shape index (κ2) is 5.95. The summed E-state index contributed by atoms with van der Waals surface area (Å²) in [6.45, 7) is 3.62. The van der Waals surface area contributed by atoms with Crippen LogP contribution in [0, 0.1) is 5.41 Å². The standard InChI is InChI=1S/C10H19FO2/c1-10(2,8-9(12)13)6-4-3-5-7-11/h3-8H2,1-2H3,(H,12,13)/i11-1. The molecule has 0 radical (unpaired) electrons. The summed E-state index contributed by atoms with van der Waals surface area (Å²) in [7, 11) is 0. The van der Waals surface area contributed by atoms with Crippen molar-refractivity contribution >= 4 is 5.97 Å². The molecule has 0 bridgehead atoms. The predicted molar refractivity (Wildman–Crippen MR) is 50.5 cm³/mol. The third kappa shape index (κ3) is 7.75. The van der Waals surface area contributed by atoms with Crippen LogP contribution >= 0.6 is 0 Å². The fourth-order valence-electron chi connectivity index (χ4n) is 1.37. The fourth-order valence-corrected chi connectivity index (χ4v) is 1.37. The summed E-state index contributed by atoms with van der Waals surface area (Å²) in [6, 6.07) is 0. The van der Waals surface area contributed by atoms with E-state index >= 15 is 0 Å². The quantitative estimate of drug-likeness (QED) is 0.625. The molecule has 0 spiro atoms. The van der Waals surface area contributed by atoms with Crippen LogP contribution in [-0.4, -0.2) is 17.8 Å². The number of rotatable bonds is 7. The van der Waals surface area contributed by atoms with Crippen molar-refractivity contribution < 1.29 is 14.3 Å². The minimum Gasteiger partial charge on any atom is -0.481 e. The SMILES string of the molecule is CC(C)(CCCCC[18F])CC(=O)O. The number of unbranched alkanes of at least 4 members (excludes halogenated alkanes) is 2. The van der Waals surface area contributed by atoms with E-state index in [4.69, 9.17) is 5.11 Å². The summed E-state index contributed by atoms with van der Waals surface area (Å²) in [5.41, 5.74) is -0.151. The Kier molecular flexibility index (Phi) is 5.67. The third-order valence-electron chi connectivity index (χ3n) is 2.12. The summed E-state index contributed by atoms with van der Waals surface area (Å²) in [5, 5.41) is 8.59. The van der Waals surface area contributed by atoms with Crippen LogP contribution < -0.4 is 0 Å². The molecule has 0 aromatic rings. The number of hydrogen-bond donors (Lipinski definition) is 1. The highest BCUT2D eigenvalue weighted by Gasteiger charge is 2.20. The lowest BCUT2D eigenvalue weighted by Gasteiger charge is -2.21. The summed E-state index contributed by atoms with van der Waals surface area (Å²) < 4.78 is 11.7. The molecule has 0 heterocycles. The van der Waals surface area contributed by atoms with Gasteiger partial charge < -0.3 is 5.11 Å². The van der Waals surface area contributed by atoms with Gasteiger partial charge in [0.05, 0.1) is 13.1 Å². The van der Waals surface area contributed by atoms with Gasteiger partial charge in [-0.15, -0.1) is 0 Å². The van der Waals surface area contributed by atoms with E-state index < -0.39 is 5.97 Å². The van der Waals surface area contributed by atoms with Crippen molar-refractivity contribution in [2.75, 3.05) is 6.67 Å². The molecule has 0 aliphatic rings. The summed E-state index contributed by atoms with van der Waals surface area (Å²) >= 11 is 0. The Morgan fingerprint density at radius 1 is 1.31 bits per heavy atom. The van der Waals surface area contributed by atoms with Crippen molar-refractivity contribution in [1.29, 1.82) is 0 Å². The van der Waals surface area contributed by atoms with Gasteiger partial charge in [0.25, 0.3) is 0 Å². The molecule has 0 aromatic heterocycles. The zero-order valence-corrected chi connectivity index (χ0v) is 8.48. The zero-order chi connectivity index (χ0) is 10.3. The van der Waals surface area contributed by atoms with Gasteiger partial charge in [0.2, 0.25) is 0 Å². The van der Waals surface area contributed by atoms with Crippen molar-refractivity contribution in [2.45, 2.75) is 46.0 Å². The number of hydrogen-bond acceptors (Lipinski definition) is 1. The Balaban J connectivity index is 3.56. The monoisotopic (exact) mass is 189 g/mol. The first kappa shape index (κ1) is 12.4. The number of alkyl halides is 1. The Morgan fingerprint density at radius 2 is 1.92 bits per heavy atom. The zero-order valence-electron chi connectivity index (χ0n) is 8.48. The van der Waals surface area contributed by atoms with Gasteiger partial charge in [0, 0.05) is 0 Å². The van der Waals surface area contributed by atoms with E-state index in [0.717, 1.165) is 19.3 Å². The number of carboxylic acids is 1. The Bertz CT molecular complexity index is 155. The summed E-state index contributed by atoms with van der Waals surface area (Å²) in [6.07, 6.45) is 3.44. The molecule has 78 valence electrons. The van der Waals surface area contributed by atoms with Crippen LogP contribution in [-0.2, 0) is 4.79 Å². The van der Waals surface area contributed by atoms with E-state index in [1.165, 1.54) is 0 Å². The summed E-state index contributed by atoms with van der Waals surface area (Å²) in [5.74, 6) is -0.754. The second-order valence-corrected chi connectivity index (χ2v) is 4.23. The third-order valence-corrected chi connectivity index (χ3v) is 2.12. The molecule has 0 fully saturated rings. The van der Waals surface area contributed by atoms with Gasteiger partial charge in [-0.05, 0) is 18.3 Å². The lowest BCUT2D eigenvalue weighted by atomic mass is 9.84. The molecular formula is C10H19FO2. The van der Waals surface area contributed by atoms with Gasteiger partial charge in [-0.3, -0.25) is 9.18 Å². The summed E-state index contributed by atoms with van der Waals surface area (Å²) in [4.78, 5) is 10.4. The molecule has 13 heavy (non-hydrogen) atoms. The molecule has 0 saturated heterocycles. The van der Waals surface area contributed by atoms with Crippen molar-refractivity contribution in [3.05, 3.63) is 0 Å². The molecule has 0 atom stereocenters. The maximum atomic E-state index is 11.7. The lowest BCUT2D eigenvalue weighted by molar-refractivity contribution is -0.139. The Labute approximate surface area is 79.1 Å². The molecule has 0 aliphatic carbocycles. The average molecular weight is 189 g/mol. The van der Waals surface area contributed by atoms with Crippen LogP contribution in [0.4, 0.5) is 4.39 Å². The Morgan fingerprint density at radius 3 is 2.38 bits per heavy atom. The van der Waals surface area contributed by atoms with Crippen LogP contribution in [0.5, 0.6) is 0 Å². The molecule has 0 unspecified atom stereocenters. The lowest BCUT2D eigenvalue weighted by Crippen LogP contribution is -2.16. The smallest absolute Gasteiger partial charge is 0.303 e. The molecule has 0 aliphatic heterocycles. The number of carboxylic acid groups (broad SMARTS) is 1. The van der Waals surface area contributed by atoms with E-state index in [-0.39, 0.29) is 18.5 Å². The van der Waals surface area contributed by atoms with E-state index in [0.29, 0.717) is 6.42 Å². The van der Waals surface area contributed by atoms with Gasteiger partial charge >= 0.3 is 5.97 Å². The molecule has 1 N–H and O–H groups in total. The minimum absolute atomic E-state index is 0.151.